The highest BCUT2D eigenvalue weighted by Gasteiger charge is 2.21. The standard InChI is InChI=1S/C28H24O6/c1-4-32-23-14-16-26-24(17-23)27(18(2)33-26)28(30)34-22-10-5-19(6-11-22)7-15-25(29)20-8-12-21(31-3)13-9-20/h5-17H,4H2,1-3H3/b15-7+. The van der Waals surface area contributed by atoms with Crippen LogP contribution in [0.1, 0.15) is 39.0 Å². The number of furan rings is 1. The summed E-state index contributed by atoms with van der Waals surface area (Å²) in [6, 6.07) is 19.2. The van der Waals surface area contributed by atoms with Gasteiger partial charge in [-0.1, -0.05) is 18.2 Å². The third-order valence-corrected chi connectivity index (χ3v) is 5.24. The number of hydrogen-bond acceptors (Lipinski definition) is 6. The van der Waals surface area contributed by atoms with Gasteiger partial charge in [-0.05, 0) is 80.1 Å². The average Bonchev–Trinajstić information content (AvgIpc) is 3.18. The average molecular weight is 456 g/mol. The van der Waals surface area contributed by atoms with Gasteiger partial charge in [0.25, 0.3) is 0 Å². The molecule has 6 nitrogen and oxygen atoms in total. The summed E-state index contributed by atoms with van der Waals surface area (Å²) in [4.78, 5) is 25.2. The molecular weight excluding hydrogens is 432 g/mol. The number of methoxy groups -OCH3 is 1. The summed E-state index contributed by atoms with van der Waals surface area (Å²) in [7, 11) is 1.58. The zero-order valence-electron chi connectivity index (χ0n) is 19.2. The van der Waals surface area contributed by atoms with Gasteiger partial charge in [0.2, 0.25) is 0 Å². The van der Waals surface area contributed by atoms with Crippen molar-refractivity contribution in [2.75, 3.05) is 13.7 Å². The highest BCUT2D eigenvalue weighted by molar-refractivity contribution is 6.07. The Morgan fingerprint density at radius 3 is 2.26 bits per heavy atom. The van der Waals surface area contributed by atoms with Gasteiger partial charge < -0.3 is 18.6 Å². The molecule has 0 radical (unpaired) electrons. The number of esters is 1. The van der Waals surface area contributed by atoms with E-state index in [1.165, 1.54) is 6.08 Å². The first-order valence-corrected chi connectivity index (χ1v) is 10.8. The lowest BCUT2D eigenvalue weighted by molar-refractivity contribution is 0.0734. The smallest absolute Gasteiger partial charge is 0.347 e. The Bertz CT molecular complexity index is 1340. The van der Waals surface area contributed by atoms with Crippen LogP contribution in [0.5, 0.6) is 17.2 Å². The van der Waals surface area contributed by atoms with Crippen molar-refractivity contribution in [1.82, 2.24) is 0 Å². The van der Waals surface area contributed by atoms with Gasteiger partial charge in [-0.25, -0.2) is 4.79 Å². The molecule has 0 spiro atoms. The second-order valence-corrected chi connectivity index (χ2v) is 7.51. The monoisotopic (exact) mass is 456 g/mol. The third kappa shape index (κ3) is 5.02. The quantitative estimate of drug-likeness (QED) is 0.135. The first kappa shape index (κ1) is 22.9. The molecule has 4 rings (SSSR count). The molecule has 0 unspecified atom stereocenters. The summed E-state index contributed by atoms with van der Waals surface area (Å²) < 4.78 is 21.9. The number of allylic oxidation sites excluding steroid dienone is 1. The normalized spacial score (nSPS) is 11.0. The van der Waals surface area contributed by atoms with Gasteiger partial charge in [-0.2, -0.15) is 0 Å². The van der Waals surface area contributed by atoms with Gasteiger partial charge >= 0.3 is 5.97 Å². The fourth-order valence-corrected chi connectivity index (χ4v) is 3.54. The maximum absolute atomic E-state index is 12.9. The van der Waals surface area contributed by atoms with Gasteiger partial charge in [0.15, 0.2) is 5.78 Å². The molecular formula is C28H24O6. The number of hydrogen-bond donors (Lipinski definition) is 0. The molecule has 0 N–H and O–H groups in total. The van der Waals surface area contributed by atoms with Crippen molar-refractivity contribution < 1.29 is 28.2 Å². The van der Waals surface area contributed by atoms with E-state index in [4.69, 9.17) is 18.6 Å². The highest BCUT2D eigenvalue weighted by atomic mass is 16.5. The molecule has 1 aromatic heterocycles. The Morgan fingerprint density at radius 1 is 0.912 bits per heavy atom. The minimum absolute atomic E-state index is 0.119. The summed E-state index contributed by atoms with van der Waals surface area (Å²) in [6.45, 7) is 4.15. The Kier molecular flexibility index (Phi) is 6.78. The molecule has 34 heavy (non-hydrogen) atoms. The fourth-order valence-electron chi connectivity index (χ4n) is 3.54. The van der Waals surface area contributed by atoms with Gasteiger partial charge in [0, 0.05) is 10.9 Å². The SMILES string of the molecule is CCOc1ccc2oc(C)c(C(=O)Oc3ccc(/C=C/C(=O)c4ccc(OC)cc4)cc3)c2c1. The topological polar surface area (TPSA) is 75.0 Å². The number of fused-ring (bicyclic) bond motifs is 1. The minimum atomic E-state index is -0.511. The number of rotatable bonds is 8. The van der Waals surface area contributed by atoms with Crippen LogP contribution in [0.25, 0.3) is 17.0 Å². The van der Waals surface area contributed by atoms with Crippen molar-refractivity contribution in [3.05, 3.63) is 95.3 Å². The van der Waals surface area contributed by atoms with Crippen LogP contribution in [-0.4, -0.2) is 25.5 Å². The van der Waals surface area contributed by atoms with Crippen LogP contribution in [0.2, 0.25) is 0 Å². The van der Waals surface area contributed by atoms with E-state index in [2.05, 4.69) is 0 Å². The molecule has 0 aliphatic carbocycles. The minimum Gasteiger partial charge on any atom is -0.497 e. The summed E-state index contributed by atoms with van der Waals surface area (Å²) in [5.74, 6) is 1.59. The van der Waals surface area contributed by atoms with Crippen molar-refractivity contribution in [3.8, 4) is 17.2 Å². The lowest BCUT2D eigenvalue weighted by Crippen LogP contribution is -2.09. The predicted molar refractivity (Wildman–Crippen MR) is 130 cm³/mol. The number of ether oxygens (including phenoxy) is 3. The molecule has 0 saturated carbocycles. The molecule has 4 aromatic rings. The Morgan fingerprint density at radius 2 is 1.59 bits per heavy atom. The van der Waals surface area contributed by atoms with Crippen LogP contribution in [0.4, 0.5) is 0 Å². The number of ketones is 1. The number of benzene rings is 3. The third-order valence-electron chi connectivity index (χ3n) is 5.24. The first-order chi connectivity index (χ1) is 16.5. The maximum atomic E-state index is 12.9. The van der Waals surface area contributed by atoms with E-state index >= 15 is 0 Å². The lowest BCUT2D eigenvalue weighted by atomic mass is 10.1. The molecule has 3 aromatic carbocycles. The Labute approximate surface area is 197 Å². The Balaban J connectivity index is 1.45. The molecule has 6 heteroatoms. The van der Waals surface area contributed by atoms with Gasteiger partial charge in [-0.15, -0.1) is 0 Å². The number of aryl methyl sites for hydroxylation is 1. The molecule has 0 fully saturated rings. The summed E-state index contributed by atoms with van der Waals surface area (Å²) in [5, 5.41) is 0.644. The second-order valence-electron chi connectivity index (χ2n) is 7.51. The molecule has 0 saturated heterocycles. The van der Waals surface area contributed by atoms with Crippen LogP contribution >= 0.6 is 0 Å². The first-order valence-electron chi connectivity index (χ1n) is 10.8. The molecule has 1 heterocycles. The van der Waals surface area contributed by atoms with E-state index < -0.39 is 5.97 Å². The zero-order valence-corrected chi connectivity index (χ0v) is 19.2. The van der Waals surface area contributed by atoms with Gasteiger partial charge in [-0.3, -0.25) is 4.79 Å². The highest BCUT2D eigenvalue weighted by Crippen LogP contribution is 2.30. The maximum Gasteiger partial charge on any atom is 0.347 e. The molecule has 172 valence electrons. The van der Waals surface area contributed by atoms with E-state index in [9.17, 15) is 9.59 Å². The van der Waals surface area contributed by atoms with Gasteiger partial charge in [0.05, 0.1) is 13.7 Å². The van der Waals surface area contributed by atoms with E-state index in [1.807, 2.05) is 6.92 Å². The van der Waals surface area contributed by atoms with Crippen LogP contribution < -0.4 is 14.2 Å². The van der Waals surface area contributed by atoms with E-state index in [0.717, 1.165) is 5.56 Å². The Hall–Kier alpha value is -4.32. The van der Waals surface area contributed by atoms with E-state index in [-0.39, 0.29) is 5.78 Å². The second kappa shape index (κ2) is 10.1. The molecule has 0 amide bonds. The summed E-state index contributed by atoms with van der Waals surface area (Å²) >= 11 is 0. The summed E-state index contributed by atoms with van der Waals surface area (Å²) in [5.41, 5.74) is 2.33. The molecule has 0 aliphatic rings. The molecule has 0 atom stereocenters. The van der Waals surface area contributed by atoms with Crippen molar-refractivity contribution >= 4 is 28.8 Å². The van der Waals surface area contributed by atoms with Crippen LogP contribution in [0.3, 0.4) is 0 Å². The van der Waals surface area contributed by atoms with Crippen molar-refractivity contribution in [1.29, 1.82) is 0 Å². The van der Waals surface area contributed by atoms with E-state index in [1.54, 1.807) is 86.8 Å². The van der Waals surface area contributed by atoms with Crippen LogP contribution in [0, 0.1) is 6.92 Å². The molecule has 0 bridgehead atoms. The van der Waals surface area contributed by atoms with Crippen LogP contribution in [-0.2, 0) is 0 Å². The van der Waals surface area contributed by atoms with E-state index in [0.29, 0.717) is 51.7 Å². The predicted octanol–water partition coefficient (Wildman–Crippen LogP) is 6.26. The van der Waals surface area contributed by atoms with Crippen molar-refractivity contribution in [2.45, 2.75) is 13.8 Å². The summed E-state index contributed by atoms with van der Waals surface area (Å²) in [6.07, 6.45) is 3.21. The largest absolute Gasteiger partial charge is 0.497 e. The molecule has 0 aliphatic heterocycles. The van der Waals surface area contributed by atoms with Gasteiger partial charge in [0.1, 0.15) is 34.2 Å². The number of carbonyl (C=O) groups excluding carboxylic acids is 2. The van der Waals surface area contributed by atoms with Crippen molar-refractivity contribution in [3.63, 3.8) is 0 Å². The lowest BCUT2D eigenvalue weighted by Gasteiger charge is -2.05. The zero-order chi connectivity index (χ0) is 24.1. The fraction of sp³-hybridized carbons (Fsp3) is 0.143. The van der Waals surface area contributed by atoms with Crippen molar-refractivity contribution in [2.24, 2.45) is 0 Å². The van der Waals surface area contributed by atoms with Crippen LogP contribution in [0.15, 0.2) is 77.2 Å². The number of carbonyl (C=O) groups is 2.